The molecule has 4 nitrogen and oxygen atoms in total. The topological polar surface area (TPSA) is 57.4 Å². The molecule has 5 heteroatoms. The van der Waals surface area contributed by atoms with Crippen LogP contribution in [0.2, 0.25) is 0 Å². The lowest BCUT2D eigenvalue weighted by Crippen LogP contribution is -2.13. The smallest absolute Gasteiger partial charge is 0.213 e. The first-order valence-electron chi connectivity index (χ1n) is 6.91. The summed E-state index contributed by atoms with van der Waals surface area (Å²) in [5, 5.41) is 6.99. The summed E-state index contributed by atoms with van der Waals surface area (Å²) in [4.78, 5) is 9.16. The van der Waals surface area contributed by atoms with Crippen LogP contribution in [0.3, 0.4) is 0 Å². The molecule has 3 aromatic rings. The highest BCUT2D eigenvalue weighted by atomic mass is 32.1. The summed E-state index contributed by atoms with van der Waals surface area (Å²) >= 11 is 5.07. The van der Waals surface area contributed by atoms with Crippen molar-refractivity contribution in [2.45, 2.75) is 33.1 Å². The zero-order valence-corrected chi connectivity index (χ0v) is 13.4. The van der Waals surface area contributed by atoms with E-state index in [1.807, 2.05) is 0 Å². The lowest BCUT2D eigenvalue weighted by Gasteiger charge is -2.19. The van der Waals surface area contributed by atoms with Gasteiger partial charge in [-0.3, -0.25) is 15.2 Å². The Balaban J connectivity index is 2.38. The second kappa shape index (κ2) is 4.77. The number of benzene rings is 1. The fourth-order valence-corrected chi connectivity index (χ4v) is 2.46. The van der Waals surface area contributed by atoms with E-state index in [2.05, 4.69) is 67.1 Å². The molecule has 0 aliphatic rings. The molecule has 2 N–H and O–H groups in total. The third-order valence-corrected chi connectivity index (χ3v) is 3.68. The number of hydrogen-bond acceptors (Lipinski definition) is 3. The molecule has 0 bridgehead atoms. The summed E-state index contributed by atoms with van der Waals surface area (Å²) in [7, 11) is 0. The molecule has 108 valence electrons. The van der Waals surface area contributed by atoms with Crippen LogP contribution in [0.15, 0.2) is 24.3 Å². The van der Waals surface area contributed by atoms with Gasteiger partial charge in [0.25, 0.3) is 0 Å². The Morgan fingerprint density at radius 1 is 1.05 bits per heavy atom. The van der Waals surface area contributed by atoms with E-state index in [9.17, 15) is 0 Å². The molecule has 0 unspecified atom stereocenters. The summed E-state index contributed by atoms with van der Waals surface area (Å²) in [5.74, 6) is 0.753. The van der Waals surface area contributed by atoms with Crippen LogP contribution in [0, 0.1) is 11.7 Å². The number of fused-ring (bicyclic) bond motifs is 1. The van der Waals surface area contributed by atoms with Gasteiger partial charge >= 0.3 is 0 Å². The lowest BCUT2D eigenvalue weighted by atomic mass is 9.89. The molecule has 0 aliphatic heterocycles. The molecule has 2 aromatic heterocycles. The molecular formula is C16H18N4S. The first-order chi connectivity index (χ1) is 9.84. The van der Waals surface area contributed by atoms with Gasteiger partial charge in [-0.15, -0.1) is 0 Å². The molecule has 0 amide bonds. The Bertz CT molecular complexity index is 868. The van der Waals surface area contributed by atoms with E-state index in [0.29, 0.717) is 4.77 Å². The van der Waals surface area contributed by atoms with Crippen LogP contribution >= 0.6 is 12.2 Å². The maximum atomic E-state index is 5.07. The van der Waals surface area contributed by atoms with Gasteiger partial charge in [0.1, 0.15) is 0 Å². The minimum atomic E-state index is -0.0269. The number of hydrogen-bond donors (Lipinski definition) is 2. The van der Waals surface area contributed by atoms with E-state index in [-0.39, 0.29) is 5.41 Å². The molecule has 0 aliphatic carbocycles. The van der Waals surface area contributed by atoms with Crippen molar-refractivity contribution in [3.05, 3.63) is 40.3 Å². The minimum Gasteiger partial charge on any atom is -0.282 e. The first-order valence-corrected chi connectivity index (χ1v) is 7.32. The van der Waals surface area contributed by atoms with Crippen LogP contribution in [0.5, 0.6) is 0 Å². The van der Waals surface area contributed by atoms with Crippen molar-refractivity contribution in [1.29, 1.82) is 0 Å². The van der Waals surface area contributed by atoms with Gasteiger partial charge in [0.15, 0.2) is 5.82 Å². The molecule has 1 aromatic carbocycles. The highest BCUT2D eigenvalue weighted by molar-refractivity contribution is 7.71. The summed E-state index contributed by atoms with van der Waals surface area (Å²) in [6, 6.07) is 8.38. The van der Waals surface area contributed by atoms with E-state index < -0.39 is 0 Å². The van der Waals surface area contributed by atoms with E-state index in [1.165, 1.54) is 5.56 Å². The van der Waals surface area contributed by atoms with Crippen molar-refractivity contribution >= 4 is 23.1 Å². The molecular weight excluding hydrogens is 280 g/mol. The van der Waals surface area contributed by atoms with Gasteiger partial charge in [-0.1, -0.05) is 32.4 Å². The number of pyridine rings is 1. The molecule has 0 spiro atoms. The van der Waals surface area contributed by atoms with E-state index in [4.69, 9.17) is 17.2 Å². The Morgan fingerprint density at radius 2 is 1.81 bits per heavy atom. The highest BCUT2D eigenvalue weighted by Gasteiger charge is 2.19. The molecule has 0 atom stereocenters. The summed E-state index contributed by atoms with van der Waals surface area (Å²) in [6.45, 7) is 8.55. The largest absolute Gasteiger partial charge is 0.282 e. The third kappa shape index (κ3) is 2.61. The Morgan fingerprint density at radius 3 is 2.43 bits per heavy atom. The zero-order valence-electron chi connectivity index (χ0n) is 12.6. The van der Waals surface area contributed by atoms with Crippen LogP contribution in [-0.2, 0) is 5.41 Å². The van der Waals surface area contributed by atoms with Gasteiger partial charge in [-0.05, 0) is 37.3 Å². The van der Waals surface area contributed by atoms with Crippen molar-refractivity contribution < 1.29 is 0 Å². The molecule has 3 rings (SSSR count). The predicted molar refractivity (Wildman–Crippen MR) is 87.9 cm³/mol. The number of nitrogens with one attached hydrogen (secondary N) is 2. The van der Waals surface area contributed by atoms with Gasteiger partial charge in [-0.25, -0.2) is 0 Å². The van der Waals surface area contributed by atoms with Gasteiger partial charge in [0, 0.05) is 22.1 Å². The van der Waals surface area contributed by atoms with Gasteiger partial charge in [0.2, 0.25) is 4.77 Å². The first kappa shape index (κ1) is 13.9. The fraction of sp³-hybridized carbons (Fsp3) is 0.312. The van der Waals surface area contributed by atoms with Crippen LogP contribution in [0.1, 0.15) is 32.0 Å². The fourth-order valence-electron chi connectivity index (χ4n) is 2.32. The van der Waals surface area contributed by atoms with Crippen molar-refractivity contribution in [1.82, 2.24) is 20.2 Å². The number of aryl methyl sites for hydroxylation is 1. The molecule has 0 radical (unpaired) electrons. The lowest BCUT2D eigenvalue weighted by molar-refractivity contribution is 0.572. The third-order valence-electron chi connectivity index (χ3n) is 3.49. The van der Waals surface area contributed by atoms with Gasteiger partial charge < -0.3 is 0 Å². The average molecular weight is 298 g/mol. The maximum Gasteiger partial charge on any atom is 0.213 e. The summed E-state index contributed by atoms with van der Waals surface area (Å²) in [5.41, 5.74) is 4.21. The van der Waals surface area contributed by atoms with Crippen molar-refractivity contribution in [2.75, 3.05) is 0 Å². The minimum absolute atomic E-state index is 0.0269. The molecule has 0 fully saturated rings. The Kier molecular flexibility index (Phi) is 3.17. The number of H-pyrrole nitrogens is 2. The molecule has 2 heterocycles. The van der Waals surface area contributed by atoms with Crippen molar-refractivity contribution in [3.8, 4) is 11.4 Å². The number of nitrogens with zero attached hydrogens (tertiary/aromatic N) is 2. The SMILES string of the molecule is Cc1ccc2nc(C(C)(C)C)cc(-c3nc(=S)[nH][nH]3)c2c1. The van der Waals surface area contributed by atoms with Gasteiger partial charge in [0.05, 0.1) is 5.52 Å². The number of rotatable bonds is 1. The maximum absolute atomic E-state index is 5.07. The Labute approximate surface area is 128 Å². The summed E-state index contributed by atoms with van der Waals surface area (Å²) < 4.78 is 0.458. The van der Waals surface area contributed by atoms with Crippen molar-refractivity contribution in [2.24, 2.45) is 0 Å². The van der Waals surface area contributed by atoms with Crippen molar-refractivity contribution in [3.63, 3.8) is 0 Å². The Hall–Kier alpha value is -2.01. The monoisotopic (exact) mass is 298 g/mol. The van der Waals surface area contributed by atoms with Crippen LogP contribution in [0.25, 0.3) is 22.3 Å². The molecule has 0 saturated carbocycles. The predicted octanol–water partition coefficient (Wildman–Crippen LogP) is 4.29. The second-order valence-corrected chi connectivity index (χ2v) is 6.73. The number of aromatic nitrogens is 4. The normalized spacial score (nSPS) is 12.0. The quantitative estimate of drug-likeness (QED) is 0.659. The van der Waals surface area contributed by atoms with E-state index in [1.54, 1.807) is 0 Å². The average Bonchev–Trinajstić information content (AvgIpc) is 2.83. The van der Waals surface area contributed by atoms with E-state index >= 15 is 0 Å². The van der Waals surface area contributed by atoms with Crippen LogP contribution in [-0.4, -0.2) is 20.2 Å². The number of aromatic amines is 2. The van der Waals surface area contributed by atoms with Crippen LogP contribution in [0.4, 0.5) is 0 Å². The van der Waals surface area contributed by atoms with E-state index in [0.717, 1.165) is 28.0 Å². The molecule has 21 heavy (non-hydrogen) atoms. The van der Waals surface area contributed by atoms with Gasteiger partial charge in [-0.2, -0.15) is 4.98 Å². The second-order valence-electron chi connectivity index (χ2n) is 6.34. The summed E-state index contributed by atoms with van der Waals surface area (Å²) in [6.07, 6.45) is 0. The molecule has 0 saturated heterocycles. The van der Waals surface area contributed by atoms with Crippen LogP contribution < -0.4 is 0 Å². The highest BCUT2D eigenvalue weighted by Crippen LogP contribution is 2.31. The standard InChI is InChI=1S/C16H18N4S/c1-9-5-6-12-10(7-9)11(14-18-15(21)20-19-14)8-13(17-12)16(2,3)4/h5-8H,1-4H3,(H2,18,19,20,21). The zero-order chi connectivity index (χ0) is 15.2.